The summed E-state index contributed by atoms with van der Waals surface area (Å²) in [5.74, 6) is 0.553. The van der Waals surface area contributed by atoms with Gasteiger partial charge in [-0.05, 0) is 19.1 Å². The highest BCUT2D eigenvalue weighted by Crippen LogP contribution is 2.32. The summed E-state index contributed by atoms with van der Waals surface area (Å²) in [5, 5.41) is 5.88. The van der Waals surface area contributed by atoms with E-state index in [4.69, 9.17) is 4.42 Å². The summed E-state index contributed by atoms with van der Waals surface area (Å²) >= 11 is 1.17. The highest BCUT2D eigenvalue weighted by Gasteiger charge is 2.33. The summed E-state index contributed by atoms with van der Waals surface area (Å²) in [6, 6.07) is 3.64. The minimum atomic E-state index is -0.451. The van der Waals surface area contributed by atoms with Gasteiger partial charge in [-0.3, -0.25) is 14.4 Å². The van der Waals surface area contributed by atoms with Gasteiger partial charge in [0, 0.05) is 19.3 Å². The molecule has 2 aromatic rings. The van der Waals surface area contributed by atoms with Gasteiger partial charge in [0.25, 0.3) is 0 Å². The first kappa shape index (κ1) is 17.3. The number of rotatable bonds is 5. The Labute approximate surface area is 148 Å². The lowest BCUT2D eigenvalue weighted by molar-refractivity contribution is -0.125. The smallest absolute Gasteiger partial charge is 0.225 e. The lowest BCUT2D eigenvalue weighted by atomic mass is 9.89. The Kier molecular flexibility index (Phi) is 4.98. The Balaban J connectivity index is 1.64. The van der Waals surface area contributed by atoms with Crippen molar-refractivity contribution in [2.45, 2.75) is 39.7 Å². The van der Waals surface area contributed by atoms with Gasteiger partial charge >= 0.3 is 0 Å². The van der Waals surface area contributed by atoms with Crippen molar-refractivity contribution >= 4 is 34.1 Å². The van der Waals surface area contributed by atoms with Crippen LogP contribution in [0, 0.1) is 12.8 Å². The number of amides is 2. The van der Waals surface area contributed by atoms with Gasteiger partial charge in [-0.2, -0.15) is 0 Å². The van der Waals surface area contributed by atoms with Crippen molar-refractivity contribution in [3.63, 3.8) is 0 Å². The van der Waals surface area contributed by atoms with Gasteiger partial charge < -0.3 is 15.1 Å². The number of aryl methyl sites for hydroxylation is 1. The van der Waals surface area contributed by atoms with E-state index in [0.717, 1.165) is 5.76 Å². The molecule has 0 saturated carbocycles. The monoisotopic (exact) mass is 361 g/mol. The topological polar surface area (TPSA) is 101 Å². The number of Topliss-reactive ketones (excluding diaryl/α,β-unsaturated/α-hetero) is 1. The first-order valence-electron chi connectivity index (χ1n) is 8.12. The predicted octanol–water partition coefficient (Wildman–Crippen LogP) is 2.45. The molecule has 132 valence electrons. The van der Waals surface area contributed by atoms with Crippen LogP contribution < -0.4 is 10.6 Å². The van der Waals surface area contributed by atoms with Crippen LogP contribution in [0.15, 0.2) is 16.5 Å². The van der Waals surface area contributed by atoms with Crippen molar-refractivity contribution in [2.24, 2.45) is 5.92 Å². The molecule has 2 aromatic heterocycles. The molecule has 1 aliphatic carbocycles. The summed E-state index contributed by atoms with van der Waals surface area (Å²) in [7, 11) is 0. The van der Waals surface area contributed by atoms with E-state index >= 15 is 0 Å². The van der Waals surface area contributed by atoms with Crippen LogP contribution in [0.5, 0.6) is 0 Å². The van der Waals surface area contributed by atoms with Crippen molar-refractivity contribution in [1.82, 2.24) is 10.3 Å². The fraction of sp³-hybridized carbons (Fsp3) is 0.412. The molecular formula is C17H19N3O4S. The van der Waals surface area contributed by atoms with E-state index in [1.807, 2.05) is 19.1 Å². The lowest BCUT2D eigenvalue weighted by Gasteiger charge is -2.19. The van der Waals surface area contributed by atoms with E-state index in [0.29, 0.717) is 40.8 Å². The molecule has 2 amide bonds. The highest BCUT2D eigenvalue weighted by atomic mass is 32.1. The van der Waals surface area contributed by atoms with Crippen LogP contribution >= 0.6 is 11.3 Å². The molecular weight excluding hydrogens is 342 g/mol. The fourth-order valence-electron chi connectivity index (χ4n) is 2.68. The number of aromatic nitrogens is 1. The zero-order chi connectivity index (χ0) is 18.0. The van der Waals surface area contributed by atoms with E-state index in [9.17, 15) is 14.4 Å². The molecule has 8 heteroatoms. The second-order valence-corrected chi connectivity index (χ2v) is 6.95. The number of ketones is 1. The Morgan fingerprint density at radius 3 is 2.84 bits per heavy atom. The fourth-order valence-corrected chi connectivity index (χ4v) is 3.63. The number of carbonyl (C=O) groups is 3. The van der Waals surface area contributed by atoms with Gasteiger partial charge in [0.15, 0.2) is 10.9 Å². The third kappa shape index (κ3) is 3.96. The normalized spacial score (nSPS) is 16.4. The number of nitrogens with one attached hydrogen (secondary N) is 2. The standard InChI is InChI=1S/C17H19N3O4S/c1-3-14(22)20-17-19-12-6-10(7-13(21)15(12)25-17)16(23)18-8-11-5-4-9(2)24-11/h4-5,10H,3,6-8H2,1-2H3,(H,18,23)(H,19,20,22)/t10-/m0/s1. The molecule has 0 radical (unpaired) electrons. The van der Waals surface area contributed by atoms with Crippen molar-refractivity contribution in [1.29, 1.82) is 0 Å². The second-order valence-electron chi connectivity index (χ2n) is 5.96. The van der Waals surface area contributed by atoms with E-state index in [2.05, 4.69) is 15.6 Å². The quantitative estimate of drug-likeness (QED) is 0.852. The van der Waals surface area contributed by atoms with Gasteiger partial charge in [-0.15, -0.1) is 0 Å². The molecule has 3 rings (SSSR count). The summed E-state index contributed by atoms with van der Waals surface area (Å²) < 4.78 is 5.42. The number of carbonyl (C=O) groups excluding carboxylic acids is 3. The molecule has 0 aromatic carbocycles. The molecule has 0 unspecified atom stereocenters. The average molecular weight is 361 g/mol. The van der Waals surface area contributed by atoms with Crippen LogP contribution in [0.3, 0.4) is 0 Å². The van der Waals surface area contributed by atoms with E-state index in [1.165, 1.54) is 11.3 Å². The van der Waals surface area contributed by atoms with Crippen LogP contribution in [-0.4, -0.2) is 22.6 Å². The van der Waals surface area contributed by atoms with Crippen LogP contribution in [0.25, 0.3) is 0 Å². The molecule has 7 nitrogen and oxygen atoms in total. The number of thiazole rings is 1. The number of anilines is 1. The van der Waals surface area contributed by atoms with Gasteiger partial charge in [0.2, 0.25) is 11.8 Å². The third-order valence-corrected chi connectivity index (χ3v) is 5.05. The van der Waals surface area contributed by atoms with Crippen molar-refractivity contribution in [3.8, 4) is 0 Å². The Hall–Kier alpha value is -2.48. The summed E-state index contributed by atoms with van der Waals surface area (Å²) in [4.78, 5) is 41.0. The SMILES string of the molecule is CCC(=O)Nc1nc2c(s1)C(=O)C[C@@H](C(=O)NCc1ccc(C)o1)C2. The largest absolute Gasteiger partial charge is 0.465 e. The zero-order valence-electron chi connectivity index (χ0n) is 14.0. The molecule has 0 bridgehead atoms. The van der Waals surface area contributed by atoms with E-state index < -0.39 is 5.92 Å². The molecule has 2 heterocycles. The number of nitrogens with zero attached hydrogens (tertiary/aromatic N) is 1. The summed E-state index contributed by atoms with van der Waals surface area (Å²) in [6.07, 6.45) is 0.886. The van der Waals surface area contributed by atoms with Gasteiger partial charge in [-0.1, -0.05) is 18.3 Å². The van der Waals surface area contributed by atoms with Gasteiger partial charge in [-0.25, -0.2) is 4.98 Å². The van der Waals surface area contributed by atoms with E-state index in [-0.39, 0.29) is 24.0 Å². The number of furan rings is 1. The third-order valence-electron chi connectivity index (χ3n) is 3.99. The van der Waals surface area contributed by atoms with Crippen molar-refractivity contribution in [2.75, 3.05) is 5.32 Å². The highest BCUT2D eigenvalue weighted by molar-refractivity contribution is 7.17. The Morgan fingerprint density at radius 1 is 1.36 bits per heavy atom. The van der Waals surface area contributed by atoms with Crippen LogP contribution in [0.1, 0.15) is 46.7 Å². The maximum Gasteiger partial charge on any atom is 0.225 e. The molecule has 0 saturated heterocycles. The number of hydrogen-bond donors (Lipinski definition) is 2. The summed E-state index contributed by atoms with van der Waals surface area (Å²) in [5.41, 5.74) is 0.585. The minimum Gasteiger partial charge on any atom is -0.465 e. The maximum atomic E-state index is 12.4. The Bertz CT molecular complexity index is 824. The Morgan fingerprint density at radius 2 is 2.16 bits per heavy atom. The molecule has 1 atom stereocenters. The second kappa shape index (κ2) is 7.18. The van der Waals surface area contributed by atoms with Gasteiger partial charge in [0.05, 0.1) is 23.0 Å². The molecule has 25 heavy (non-hydrogen) atoms. The number of hydrogen-bond acceptors (Lipinski definition) is 6. The first-order chi connectivity index (χ1) is 12.0. The van der Waals surface area contributed by atoms with Gasteiger partial charge in [0.1, 0.15) is 11.5 Å². The average Bonchev–Trinajstić information content (AvgIpc) is 3.18. The van der Waals surface area contributed by atoms with Crippen molar-refractivity contribution in [3.05, 3.63) is 34.2 Å². The zero-order valence-corrected chi connectivity index (χ0v) is 14.9. The number of fused-ring (bicyclic) bond motifs is 1. The lowest BCUT2D eigenvalue weighted by Crippen LogP contribution is -2.35. The predicted molar refractivity (Wildman–Crippen MR) is 92.5 cm³/mol. The maximum absolute atomic E-state index is 12.4. The molecule has 0 aliphatic heterocycles. The van der Waals surface area contributed by atoms with Crippen LogP contribution in [-0.2, 0) is 22.6 Å². The molecule has 0 fully saturated rings. The molecule has 2 N–H and O–H groups in total. The van der Waals surface area contributed by atoms with Crippen molar-refractivity contribution < 1.29 is 18.8 Å². The minimum absolute atomic E-state index is 0.107. The van der Waals surface area contributed by atoms with E-state index in [1.54, 1.807) is 6.92 Å². The molecule has 0 spiro atoms. The summed E-state index contributed by atoms with van der Waals surface area (Å²) in [6.45, 7) is 3.87. The first-order valence-corrected chi connectivity index (χ1v) is 8.93. The van der Waals surface area contributed by atoms with Crippen LogP contribution in [0.2, 0.25) is 0 Å². The molecule has 1 aliphatic rings. The van der Waals surface area contributed by atoms with Crippen LogP contribution in [0.4, 0.5) is 5.13 Å².